The van der Waals surface area contributed by atoms with Crippen LogP contribution in [0, 0.1) is 0 Å². The summed E-state index contributed by atoms with van der Waals surface area (Å²) in [5.41, 5.74) is 8.26. The van der Waals surface area contributed by atoms with Crippen LogP contribution in [0.25, 0.3) is 10.9 Å². The summed E-state index contributed by atoms with van der Waals surface area (Å²) in [4.78, 5) is 0. The van der Waals surface area contributed by atoms with Crippen LogP contribution in [0.4, 0.5) is 0 Å². The van der Waals surface area contributed by atoms with Crippen molar-refractivity contribution in [1.82, 2.24) is 4.57 Å². The van der Waals surface area contributed by atoms with Crippen LogP contribution < -0.4 is 10.5 Å². The molecule has 0 radical (unpaired) electrons. The van der Waals surface area contributed by atoms with Gasteiger partial charge in [0.2, 0.25) is 0 Å². The van der Waals surface area contributed by atoms with E-state index >= 15 is 0 Å². The first-order chi connectivity index (χ1) is 10.4. The van der Waals surface area contributed by atoms with E-state index in [1.165, 1.54) is 16.5 Å². The van der Waals surface area contributed by atoms with Gasteiger partial charge in [0.1, 0.15) is 12.4 Å². The molecule has 2 N–H and O–H groups in total. The molecule has 0 aliphatic heterocycles. The minimum atomic E-state index is 0.657. The second-order valence-electron chi connectivity index (χ2n) is 5.07. The lowest BCUT2D eigenvalue weighted by Gasteiger charge is -2.08. The molecule has 0 saturated heterocycles. The van der Waals surface area contributed by atoms with Crippen molar-refractivity contribution in [3.63, 3.8) is 0 Å². The molecule has 0 unspecified atom stereocenters. The molecule has 0 aliphatic carbocycles. The minimum Gasteiger partial charge on any atom is -0.492 e. The van der Waals surface area contributed by atoms with E-state index < -0.39 is 0 Å². The molecule has 21 heavy (non-hydrogen) atoms. The molecule has 0 fully saturated rings. The van der Waals surface area contributed by atoms with E-state index in [9.17, 15) is 0 Å². The molecule has 0 saturated carbocycles. The third-order valence-corrected chi connectivity index (χ3v) is 3.63. The van der Waals surface area contributed by atoms with Gasteiger partial charge in [-0.25, -0.2) is 0 Å². The number of hydrogen-bond donors (Lipinski definition) is 1. The Balaban J connectivity index is 1.74. The molecule has 0 atom stereocenters. The fourth-order valence-corrected chi connectivity index (χ4v) is 2.64. The van der Waals surface area contributed by atoms with Gasteiger partial charge in [0, 0.05) is 17.1 Å². The molecule has 3 aromatic rings. The number of fused-ring (bicyclic) bond motifs is 1. The van der Waals surface area contributed by atoms with E-state index in [4.69, 9.17) is 10.5 Å². The molecule has 0 aliphatic rings. The highest BCUT2D eigenvalue weighted by molar-refractivity contribution is 5.84. The molecule has 108 valence electrons. The summed E-state index contributed by atoms with van der Waals surface area (Å²) in [5, 5.41) is 1.29. The Morgan fingerprint density at radius 1 is 0.952 bits per heavy atom. The van der Waals surface area contributed by atoms with Crippen molar-refractivity contribution in [1.29, 1.82) is 0 Å². The Morgan fingerprint density at radius 3 is 2.52 bits per heavy atom. The normalized spacial score (nSPS) is 10.9. The smallest absolute Gasteiger partial charge is 0.119 e. The fourth-order valence-electron chi connectivity index (χ4n) is 2.64. The van der Waals surface area contributed by atoms with Crippen LogP contribution in [-0.4, -0.2) is 17.7 Å². The van der Waals surface area contributed by atoms with Gasteiger partial charge in [-0.1, -0.05) is 36.4 Å². The average Bonchev–Trinajstić information content (AvgIpc) is 2.87. The minimum absolute atomic E-state index is 0.657. The van der Waals surface area contributed by atoms with Gasteiger partial charge >= 0.3 is 0 Å². The Morgan fingerprint density at radius 2 is 1.71 bits per heavy atom. The van der Waals surface area contributed by atoms with E-state index in [2.05, 4.69) is 35.0 Å². The molecule has 0 spiro atoms. The van der Waals surface area contributed by atoms with Crippen LogP contribution in [0.1, 0.15) is 5.56 Å². The van der Waals surface area contributed by atoms with Crippen LogP contribution in [0.2, 0.25) is 0 Å². The summed E-state index contributed by atoms with van der Waals surface area (Å²) in [5.74, 6) is 0.913. The molecule has 3 rings (SSSR count). The van der Waals surface area contributed by atoms with Crippen LogP contribution in [0.15, 0.2) is 60.8 Å². The lowest BCUT2D eigenvalue weighted by molar-refractivity contribution is 0.300. The second-order valence-corrected chi connectivity index (χ2v) is 5.07. The zero-order valence-corrected chi connectivity index (χ0v) is 12.0. The number of nitrogens with zero attached hydrogens (tertiary/aromatic N) is 1. The zero-order valence-electron chi connectivity index (χ0n) is 12.0. The van der Waals surface area contributed by atoms with Crippen molar-refractivity contribution < 1.29 is 4.74 Å². The van der Waals surface area contributed by atoms with Crippen molar-refractivity contribution in [3.05, 3.63) is 66.4 Å². The Kier molecular flexibility index (Phi) is 4.22. The lowest BCUT2D eigenvalue weighted by Crippen LogP contribution is -2.07. The summed E-state index contributed by atoms with van der Waals surface area (Å²) in [6, 6.07) is 18.4. The maximum atomic E-state index is 5.78. The maximum Gasteiger partial charge on any atom is 0.119 e. The maximum absolute atomic E-state index is 5.78. The topological polar surface area (TPSA) is 40.2 Å². The van der Waals surface area contributed by atoms with E-state index in [1.54, 1.807) is 0 Å². The highest BCUT2D eigenvalue weighted by Gasteiger charge is 2.07. The average molecular weight is 280 g/mol. The van der Waals surface area contributed by atoms with E-state index in [0.29, 0.717) is 13.2 Å². The summed E-state index contributed by atoms with van der Waals surface area (Å²) >= 11 is 0. The number of benzene rings is 2. The molecule has 1 aromatic heterocycles. The molecule has 3 nitrogen and oxygen atoms in total. The quantitative estimate of drug-likeness (QED) is 0.753. The van der Waals surface area contributed by atoms with Crippen LogP contribution in [0.5, 0.6) is 5.75 Å². The molecule has 0 amide bonds. The third kappa shape index (κ3) is 3.09. The Hall–Kier alpha value is -2.26. The van der Waals surface area contributed by atoms with Gasteiger partial charge in [-0.3, -0.25) is 0 Å². The predicted octanol–water partition coefficient (Wildman–Crippen LogP) is 3.22. The Bertz CT molecular complexity index is 704. The van der Waals surface area contributed by atoms with Gasteiger partial charge in [0.15, 0.2) is 0 Å². The van der Waals surface area contributed by atoms with Crippen molar-refractivity contribution >= 4 is 10.9 Å². The lowest BCUT2D eigenvalue weighted by atomic mass is 10.1. The summed E-state index contributed by atoms with van der Waals surface area (Å²) in [7, 11) is 0. The van der Waals surface area contributed by atoms with Crippen molar-refractivity contribution in [2.24, 2.45) is 5.73 Å². The van der Waals surface area contributed by atoms with Crippen LogP contribution in [-0.2, 0) is 13.0 Å². The highest BCUT2D eigenvalue weighted by atomic mass is 16.5. The summed E-state index contributed by atoms with van der Waals surface area (Å²) in [6.45, 7) is 2.17. The molecular formula is C18H20N2O. The van der Waals surface area contributed by atoms with Crippen molar-refractivity contribution in [2.45, 2.75) is 13.0 Å². The summed E-state index contributed by atoms with van der Waals surface area (Å²) < 4.78 is 8.04. The van der Waals surface area contributed by atoms with E-state index in [-0.39, 0.29) is 0 Å². The molecule has 3 heteroatoms. The number of hydrogen-bond acceptors (Lipinski definition) is 2. The van der Waals surface area contributed by atoms with Crippen LogP contribution >= 0.6 is 0 Å². The summed E-state index contributed by atoms with van der Waals surface area (Å²) in [6.07, 6.45) is 3.11. The monoisotopic (exact) mass is 280 g/mol. The number of para-hydroxylation sites is 2. The van der Waals surface area contributed by atoms with E-state index in [0.717, 1.165) is 18.7 Å². The van der Waals surface area contributed by atoms with Crippen LogP contribution in [0.3, 0.4) is 0 Å². The van der Waals surface area contributed by atoms with Gasteiger partial charge in [-0.2, -0.15) is 0 Å². The molecule has 2 aromatic carbocycles. The molecule has 1 heterocycles. The largest absolute Gasteiger partial charge is 0.492 e. The first kappa shape index (κ1) is 13.7. The second kappa shape index (κ2) is 6.46. The third-order valence-electron chi connectivity index (χ3n) is 3.63. The van der Waals surface area contributed by atoms with Gasteiger partial charge in [0.05, 0.1) is 6.54 Å². The van der Waals surface area contributed by atoms with Gasteiger partial charge < -0.3 is 15.0 Å². The van der Waals surface area contributed by atoms with Gasteiger partial charge in [-0.15, -0.1) is 0 Å². The van der Waals surface area contributed by atoms with Crippen molar-refractivity contribution in [3.8, 4) is 5.75 Å². The molecule has 0 bridgehead atoms. The zero-order chi connectivity index (χ0) is 14.5. The first-order valence-electron chi connectivity index (χ1n) is 7.33. The highest BCUT2D eigenvalue weighted by Crippen LogP contribution is 2.21. The number of nitrogens with two attached hydrogens (primary N) is 1. The number of rotatable bonds is 6. The van der Waals surface area contributed by atoms with E-state index in [1.807, 2.05) is 30.3 Å². The SMILES string of the molecule is NCCc1cn(CCOc2ccccc2)c2ccccc12. The predicted molar refractivity (Wildman–Crippen MR) is 86.6 cm³/mol. The van der Waals surface area contributed by atoms with Gasteiger partial charge in [0.25, 0.3) is 0 Å². The number of aromatic nitrogens is 1. The standard InChI is InChI=1S/C18H20N2O/c19-11-10-15-14-20(18-9-5-4-8-17(15)18)12-13-21-16-6-2-1-3-7-16/h1-9,14H,10-13,19H2. The molecular weight excluding hydrogens is 260 g/mol. The number of ether oxygens (including phenoxy) is 1. The van der Waals surface area contributed by atoms with Crippen molar-refractivity contribution in [2.75, 3.05) is 13.2 Å². The fraction of sp³-hybridized carbons (Fsp3) is 0.222. The Labute approximate surface area is 125 Å². The first-order valence-corrected chi connectivity index (χ1v) is 7.33. The van der Waals surface area contributed by atoms with Gasteiger partial charge in [-0.05, 0) is 36.7 Å².